The first-order chi connectivity index (χ1) is 10.6. The molecule has 0 saturated carbocycles. The molecule has 0 unspecified atom stereocenters. The minimum absolute atomic E-state index is 0.433. The van der Waals surface area contributed by atoms with E-state index >= 15 is 0 Å². The van der Waals surface area contributed by atoms with Crippen molar-refractivity contribution < 1.29 is 9.47 Å². The van der Waals surface area contributed by atoms with E-state index < -0.39 is 0 Å². The van der Waals surface area contributed by atoms with E-state index in [1.54, 1.807) is 7.11 Å². The summed E-state index contributed by atoms with van der Waals surface area (Å²) in [6.45, 7) is 4.23. The smallest absolute Gasteiger partial charge is 0.175 e. The molecule has 0 bridgehead atoms. The van der Waals surface area contributed by atoms with Crippen molar-refractivity contribution in [1.82, 2.24) is 5.32 Å². The standard InChI is InChI=1S/C17H19BrClNO2/c1-3-20-10-13-8-15(18)17(16(9-13)21-2)22-11-12-5-4-6-14(19)7-12/h4-9,20H,3,10-11H2,1-2H3. The maximum absolute atomic E-state index is 5.99. The van der Waals surface area contributed by atoms with Crippen molar-refractivity contribution in [2.24, 2.45) is 0 Å². The maximum atomic E-state index is 5.99. The Hall–Kier alpha value is -1.23. The van der Waals surface area contributed by atoms with Gasteiger partial charge in [-0.1, -0.05) is 30.7 Å². The predicted octanol–water partition coefficient (Wildman–Crippen LogP) is 4.80. The normalized spacial score (nSPS) is 10.5. The summed E-state index contributed by atoms with van der Waals surface area (Å²) < 4.78 is 12.2. The first-order valence-corrected chi connectivity index (χ1v) is 8.25. The lowest BCUT2D eigenvalue weighted by Gasteiger charge is -2.15. The first kappa shape index (κ1) is 17.1. The molecule has 1 N–H and O–H groups in total. The summed E-state index contributed by atoms with van der Waals surface area (Å²) in [6, 6.07) is 11.6. The zero-order chi connectivity index (χ0) is 15.9. The van der Waals surface area contributed by atoms with Crippen LogP contribution >= 0.6 is 27.5 Å². The summed E-state index contributed by atoms with van der Waals surface area (Å²) in [5.74, 6) is 1.41. The SMILES string of the molecule is CCNCc1cc(Br)c(OCc2cccc(Cl)c2)c(OC)c1. The first-order valence-electron chi connectivity index (χ1n) is 7.08. The molecular weight excluding hydrogens is 366 g/mol. The van der Waals surface area contributed by atoms with Crippen LogP contribution in [0.3, 0.4) is 0 Å². The molecule has 22 heavy (non-hydrogen) atoms. The van der Waals surface area contributed by atoms with Gasteiger partial charge in [-0.3, -0.25) is 0 Å². The van der Waals surface area contributed by atoms with Gasteiger partial charge in [0, 0.05) is 11.6 Å². The van der Waals surface area contributed by atoms with E-state index in [0.29, 0.717) is 23.1 Å². The quantitative estimate of drug-likeness (QED) is 0.744. The van der Waals surface area contributed by atoms with Crippen LogP contribution in [0.2, 0.25) is 5.02 Å². The van der Waals surface area contributed by atoms with E-state index in [4.69, 9.17) is 21.1 Å². The van der Waals surface area contributed by atoms with Gasteiger partial charge in [-0.15, -0.1) is 0 Å². The van der Waals surface area contributed by atoms with Crippen molar-refractivity contribution >= 4 is 27.5 Å². The summed E-state index contributed by atoms with van der Waals surface area (Å²) in [4.78, 5) is 0. The third-order valence-corrected chi connectivity index (χ3v) is 3.96. The highest BCUT2D eigenvalue weighted by Crippen LogP contribution is 2.37. The van der Waals surface area contributed by atoms with E-state index in [2.05, 4.69) is 28.2 Å². The third kappa shape index (κ3) is 4.63. The minimum Gasteiger partial charge on any atom is -0.493 e. The van der Waals surface area contributed by atoms with Crippen molar-refractivity contribution in [1.29, 1.82) is 0 Å². The zero-order valence-corrected chi connectivity index (χ0v) is 15.0. The number of halogens is 2. The van der Waals surface area contributed by atoms with Crippen LogP contribution in [0.15, 0.2) is 40.9 Å². The van der Waals surface area contributed by atoms with Crippen LogP contribution in [0.5, 0.6) is 11.5 Å². The predicted molar refractivity (Wildman–Crippen MR) is 93.9 cm³/mol. The molecule has 2 rings (SSSR count). The molecule has 0 fully saturated rings. The fourth-order valence-electron chi connectivity index (χ4n) is 2.07. The summed E-state index contributed by atoms with van der Waals surface area (Å²) in [7, 11) is 1.64. The van der Waals surface area contributed by atoms with Gasteiger partial charge in [0.25, 0.3) is 0 Å². The Bertz CT molecular complexity index is 634. The molecular formula is C17H19BrClNO2. The molecule has 0 aliphatic carbocycles. The lowest BCUT2D eigenvalue weighted by atomic mass is 10.2. The van der Waals surface area contributed by atoms with Gasteiger partial charge in [0.1, 0.15) is 6.61 Å². The van der Waals surface area contributed by atoms with Crippen LogP contribution in [0.1, 0.15) is 18.1 Å². The average Bonchev–Trinajstić information content (AvgIpc) is 2.51. The van der Waals surface area contributed by atoms with Crippen molar-refractivity contribution in [2.45, 2.75) is 20.1 Å². The highest BCUT2D eigenvalue weighted by molar-refractivity contribution is 9.10. The summed E-state index contributed by atoms with van der Waals surface area (Å²) >= 11 is 9.55. The van der Waals surface area contributed by atoms with Crippen LogP contribution < -0.4 is 14.8 Å². The number of ether oxygens (including phenoxy) is 2. The number of methoxy groups -OCH3 is 1. The Morgan fingerprint density at radius 2 is 2.00 bits per heavy atom. The molecule has 0 aromatic heterocycles. The number of hydrogen-bond donors (Lipinski definition) is 1. The van der Waals surface area contributed by atoms with E-state index in [1.165, 1.54) is 0 Å². The van der Waals surface area contributed by atoms with Crippen LogP contribution in [-0.4, -0.2) is 13.7 Å². The van der Waals surface area contributed by atoms with Crippen molar-refractivity contribution in [2.75, 3.05) is 13.7 Å². The van der Waals surface area contributed by atoms with Gasteiger partial charge < -0.3 is 14.8 Å². The van der Waals surface area contributed by atoms with Crippen molar-refractivity contribution in [3.05, 3.63) is 57.0 Å². The maximum Gasteiger partial charge on any atom is 0.175 e. The molecule has 0 saturated heterocycles. The summed E-state index contributed by atoms with van der Waals surface area (Å²) in [6.07, 6.45) is 0. The minimum atomic E-state index is 0.433. The number of rotatable bonds is 7. The number of nitrogens with one attached hydrogen (secondary N) is 1. The van der Waals surface area contributed by atoms with Gasteiger partial charge in [-0.05, 0) is 57.9 Å². The van der Waals surface area contributed by atoms with Gasteiger partial charge in [0.05, 0.1) is 11.6 Å². The number of benzene rings is 2. The van der Waals surface area contributed by atoms with Crippen LogP contribution in [0.25, 0.3) is 0 Å². The number of hydrogen-bond acceptors (Lipinski definition) is 3. The Balaban J connectivity index is 2.15. The molecule has 0 radical (unpaired) electrons. The Kier molecular flexibility index (Phi) is 6.55. The third-order valence-electron chi connectivity index (χ3n) is 3.14. The second-order valence-corrected chi connectivity index (χ2v) is 6.10. The lowest BCUT2D eigenvalue weighted by molar-refractivity contribution is 0.282. The van der Waals surface area contributed by atoms with Crippen LogP contribution in [0.4, 0.5) is 0 Å². The van der Waals surface area contributed by atoms with Gasteiger partial charge in [0.2, 0.25) is 0 Å². The molecule has 0 aliphatic heterocycles. The second-order valence-electron chi connectivity index (χ2n) is 4.81. The Labute approximate surface area is 144 Å². The van der Waals surface area contributed by atoms with E-state index in [0.717, 1.165) is 28.7 Å². The molecule has 118 valence electrons. The molecule has 3 nitrogen and oxygen atoms in total. The zero-order valence-electron chi connectivity index (χ0n) is 12.7. The summed E-state index contributed by atoms with van der Waals surface area (Å²) in [5.41, 5.74) is 2.15. The second kappa shape index (κ2) is 8.42. The van der Waals surface area contributed by atoms with Gasteiger partial charge >= 0.3 is 0 Å². The van der Waals surface area contributed by atoms with Crippen LogP contribution in [-0.2, 0) is 13.2 Å². The summed E-state index contributed by atoms with van der Waals surface area (Å²) in [5, 5.41) is 4.00. The molecule has 0 spiro atoms. The molecule has 5 heteroatoms. The molecule has 0 heterocycles. The Morgan fingerprint density at radius 3 is 2.68 bits per heavy atom. The Morgan fingerprint density at radius 1 is 1.18 bits per heavy atom. The average molecular weight is 385 g/mol. The molecule has 2 aromatic carbocycles. The molecule has 0 aliphatic rings. The van der Waals surface area contributed by atoms with Crippen molar-refractivity contribution in [3.63, 3.8) is 0 Å². The monoisotopic (exact) mass is 383 g/mol. The van der Waals surface area contributed by atoms with Crippen LogP contribution in [0, 0.1) is 0 Å². The molecule has 0 atom stereocenters. The fraction of sp³-hybridized carbons (Fsp3) is 0.294. The van der Waals surface area contributed by atoms with Gasteiger partial charge in [0.15, 0.2) is 11.5 Å². The van der Waals surface area contributed by atoms with Gasteiger partial charge in [-0.2, -0.15) is 0 Å². The topological polar surface area (TPSA) is 30.5 Å². The highest BCUT2D eigenvalue weighted by atomic mass is 79.9. The van der Waals surface area contributed by atoms with Crippen molar-refractivity contribution in [3.8, 4) is 11.5 Å². The van der Waals surface area contributed by atoms with E-state index in [9.17, 15) is 0 Å². The highest BCUT2D eigenvalue weighted by Gasteiger charge is 2.12. The lowest BCUT2D eigenvalue weighted by Crippen LogP contribution is -2.12. The van der Waals surface area contributed by atoms with Gasteiger partial charge in [-0.25, -0.2) is 0 Å². The van der Waals surface area contributed by atoms with E-state index in [1.807, 2.05) is 36.4 Å². The largest absolute Gasteiger partial charge is 0.493 e. The molecule has 0 amide bonds. The molecule has 2 aromatic rings. The fourth-order valence-corrected chi connectivity index (χ4v) is 2.88. The van der Waals surface area contributed by atoms with E-state index in [-0.39, 0.29) is 0 Å².